The van der Waals surface area contributed by atoms with Crippen LogP contribution in [0.2, 0.25) is 0 Å². The Bertz CT molecular complexity index is 354. The van der Waals surface area contributed by atoms with Gasteiger partial charge in [0.15, 0.2) is 0 Å². The molecule has 0 bridgehead atoms. The lowest BCUT2D eigenvalue weighted by Crippen LogP contribution is -2.23. The van der Waals surface area contributed by atoms with Gasteiger partial charge >= 0.3 is 6.18 Å². The van der Waals surface area contributed by atoms with Crippen LogP contribution in [0.4, 0.5) is 13.2 Å². The zero-order chi connectivity index (χ0) is 12.0. The Kier molecular flexibility index (Phi) is 4.28. The summed E-state index contributed by atoms with van der Waals surface area (Å²) in [6.45, 7) is 0. The largest absolute Gasteiger partial charge is 0.398 e. The van der Waals surface area contributed by atoms with Crippen molar-refractivity contribution in [2.75, 3.05) is 0 Å². The molecule has 0 saturated heterocycles. The van der Waals surface area contributed by atoms with Crippen molar-refractivity contribution in [3.8, 4) is 0 Å². The van der Waals surface area contributed by atoms with E-state index in [9.17, 15) is 18.0 Å². The Labute approximate surface area is 91.6 Å². The van der Waals surface area contributed by atoms with E-state index in [0.29, 0.717) is 0 Å². The van der Waals surface area contributed by atoms with Gasteiger partial charge in [0.25, 0.3) is 0 Å². The van der Waals surface area contributed by atoms with Crippen molar-refractivity contribution in [2.24, 2.45) is 5.92 Å². The molecule has 0 aliphatic rings. The molecule has 0 N–H and O–H groups in total. The molecular formula is C12H11F3O. The fourth-order valence-corrected chi connectivity index (χ4v) is 1.18. The second-order valence-electron chi connectivity index (χ2n) is 3.33. The third kappa shape index (κ3) is 3.88. The summed E-state index contributed by atoms with van der Waals surface area (Å²) in [6.07, 6.45) is -1.90. The van der Waals surface area contributed by atoms with Gasteiger partial charge in [-0.3, -0.25) is 0 Å². The molecule has 0 aliphatic heterocycles. The smallest absolute Gasteiger partial charge is 0.303 e. The molecule has 1 unspecified atom stereocenters. The lowest BCUT2D eigenvalue weighted by Gasteiger charge is -2.11. The Morgan fingerprint density at radius 2 is 1.81 bits per heavy atom. The van der Waals surface area contributed by atoms with Gasteiger partial charge in [-0.25, -0.2) is 0 Å². The van der Waals surface area contributed by atoms with E-state index < -0.39 is 12.1 Å². The first kappa shape index (κ1) is 12.5. The van der Waals surface area contributed by atoms with Crippen LogP contribution < -0.4 is 0 Å². The molecule has 0 amide bonds. The van der Waals surface area contributed by atoms with Crippen molar-refractivity contribution < 1.29 is 18.0 Å². The average Bonchev–Trinajstić information content (AvgIpc) is 2.24. The summed E-state index contributed by atoms with van der Waals surface area (Å²) in [5, 5.41) is 0. The van der Waals surface area contributed by atoms with Crippen molar-refractivity contribution >= 4 is 12.4 Å². The molecule has 0 saturated carbocycles. The Balaban J connectivity index is 2.57. The zero-order valence-corrected chi connectivity index (χ0v) is 8.45. The maximum Gasteiger partial charge on any atom is 0.398 e. The number of allylic oxidation sites excluding steroid dienone is 1. The Hall–Kier alpha value is -1.58. The van der Waals surface area contributed by atoms with Gasteiger partial charge < -0.3 is 4.79 Å². The van der Waals surface area contributed by atoms with Crippen molar-refractivity contribution in [1.29, 1.82) is 0 Å². The zero-order valence-electron chi connectivity index (χ0n) is 8.45. The van der Waals surface area contributed by atoms with Crippen molar-refractivity contribution in [1.82, 2.24) is 0 Å². The van der Waals surface area contributed by atoms with E-state index in [0.717, 1.165) is 5.56 Å². The third-order valence-corrected chi connectivity index (χ3v) is 2.08. The molecule has 1 nitrogen and oxygen atoms in total. The SMILES string of the molecule is O=CC(C/C=C/c1ccccc1)C(F)(F)F. The minimum absolute atomic E-state index is 0.0602. The third-order valence-electron chi connectivity index (χ3n) is 2.08. The standard InChI is InChI=1S/C12H11F3O/c13-12(14,15)11(9-16)8-4-7-10-5-2-1-3-6-10/h1-7,9,11H,8H2/b7-4+. The van der Waals surface area contributed by atoms with E-state index in [-0.39, 0.29) is 12.7 Å². The predicted molar refractivity (Wildman–Crippen MR) is 55.7 cm³/mol. The summed E-state index contributed by atoms with van der Waals surface area (Å²) in [7, 11) is 0. The quantitative estimate of drug-likeness (QED) is 0.721. The predicted octanol–water partition coefficient (Wildman–Crippen LogP) is 3.47. The molecule has 86 valence electrons. The highest BCUT2D eigenvalue weighted by Crippen LogP contribution is 2.27. The van der Waals surface area contributed by atoms with Crippen LogP contribution in [-0.4, -0.2) is 12.5 Å². The van der Waals surface area contributed by atoms with E-state index in [1.54, 1.807) is 30.3 Å². The van der Waals surface area contributed by atoms with Gasteiger partial charge in [0.05, 0.1) is 0 Å². The molecule has 0 aromatic heterocycles. The minimum atomic E-state index is -4.46. The maximum absolute atomic E-state index is 12.2. The summed E-state index contributed by atoms with van der Waals surface area (Å²) in [4.78, 5) is 10.2. The molecule has 0 radical (unpaired) electrons. The first-order valence-corrected chi connectivity index (χ1v) is 4.77. The summed E-state index contributed by atoms with van der Waals surface area (Å²) < 4.78 is 36.5. The molecule has 4 heteroatoms. The Morgan fingerprint density at radius 3 is 2.31 bits per heavy atom. The lowest BCUT2D eigenvalue weighted by atomic mass is 10.1. The fraction of sp³-hybridized carbons (Fsp3) is 0.250. The van der Waals surface area contributed by atoms with Gasteiger partial charge in [-0.15, -0.1) is 0 Å². The molecule has 0 aliphatic carbocycles. The molecule has 0 spiro atoms. The first-order valence-electron chi connectivity index (χ1n) is 4.77. The van der Waals surface area contributed by atoms with Crippen LogP contribution in [0, 0.1) is 5.92 Å². The van der Waals surface area contributed by atoms with Gasteiger partial charge in [-0.05, 0) is 12.0 Å². The van der Waals surface area contributed by atoms with Crippen LogP contribution in [0.1, 0.15) is 12.0 Å². The van der Waals surface area contributed by atoms with Gasteiger partial charge in [0, 0.05) is 0 Å². The van der Waals surface area contributed by atoms with Crippen LogP contribution in [0.5, 0.6) is 0 Å². The lowest BCUT2D eigenvalue weighted by molar-refractivity contribution is -0.173. The molecule has 1 aromatic carbocycles. The highest BCUT2D eigenvalue weighted by atomic mass is 19.4. The van der Waals surface area contributed by atoms with Gasteiger partial charge in [0.1, 0.15) is 12.2 Å². The highest BCUT2D eigenvalue weighted by Gasteiger charge is 2.38. The summed E-state index contributed by atoms with van der Waals surface area (Å²) in [5.41, 5.74) is 0.814. The van der Waals surface area contributed by atoms with Crippen LogP contribution in [-0.2, 0) is 4.79 Å². The van der Waals surface area contributed by atoms with Crippen LogP contribution in [0.3, 0.4) is 0 Å². The first-order chi connectivity index (χ1) is 7.54. The monoisotopic (exact) mass is 228 g/mol. The van der Waals surface area contributed by atoms with E-state index in [4.69, 9.17) is 0 Å². The molecule has 1 aromatic rings. The topological polar surface area (TPSA) is 17.1 Å². The van der Waals surface area contributed by atoms with Gasteiger partial charge in [-0.2, -0.15) is 13.2 Å². The number of aldehydes is 1. The molecule has 16 heavy (non-hydrogen) atoms. The number of hydrogen-bond acceptors (Lipinski definition) is 1. The van der Waals surface area contributed by atoms with E-state index in [1.165, 1.54) is 6.08 Å². The normalized spacial score (nSPS) is 13.9. The van der Waals surface area contributed by atoms with Gasteiger partial charge in [-0.1, -0.05) is 42.5 Å². The average molecular weight is 228 g/mol. The second-order valence-corrected chi connectivity index (χ2v) is 3.33. The number of alkyl halides is 3. The maximum atomic E-state index is 12.2. The molecular weight excluding hydrogens is 217 g/mol. The number of carbonyl (C=O) groups is 1. The number of rotatable bonds is 4. The fourth-order valence-electron chi connectivity index (χ4n) is 1.18. The molecule has 0 heterocycles. The number of carbonyl (C=O) groups excluding carboxylic acids is 1. The second kappa shape index (κ2) is 5.49. The highest BCUT2D eigenvalue weighted by molar-refractivity contribution is 5.56. The molecule has 1 atom stereocenters. The van der Waals surface area contributed by atoms with Crippen LogP contribution >= 0.6 is 0 Å². The van der Waals surface area contributed by atoms with E-state index >= 15 is 0 Å². The van der Waals surface area contributed by atoms with E-state index in [2.05, 4.69) is 0 Å². The Morgan fingerprint density at radius 1 is 1.19 bits per heavy atom. The van der Waals surface area contributed by atoms with Crippen molar-refractivity contribution in [2.45, 2.75) is 12.6 Å². The summed E-state index contributed by atoms with van der Waals surface area (Å²) in [5.74, 6) is -1.91. The van der Waals surface area contributed by atoms with Crippen molar-refractivity contribution in [3.63, 3.8) is 0 Å². The molecule has 0 fully saturated rings. The number of benzene rings is 1. The number of hydrogen-bond donors (Lipinski definition) is 0. The summed E-state index contributed by atoms with van der Waals surface area (Å²) in [6, 6.07) is 8.96. The minimum Gasteiger partial charge on any atom is -0.303 e. The molecule has 1 rings (SSSR count). The van der Waals surface area contributed by atoms with Crippen LogP contribution in [0.15, 0.2) is 36.4 Å². The summed E-state index contributed by atoms with van der Waals surface area (Å²) >= 11 is 0. The van der Waals surface area contributed by atoms with E-state index in [1.807, 2.05) is 6.07 Å². The van der Waals surface area contributed by atoms with Crippen molar-refractivity contribution in [3.05, 3.63) is 42.0 Å². The van der Waals surface area contributed by atoms with Gasteiger partial charge in [0.2, 0.25) is 0 Å². The van der Waals surface area contributed by atoms with Crippen LogP contribution in [0.25, 0.3) is 6.08 Å². The number of halogens is 3.